The van der Waals surface area contributed by atoms with Crippen molar-refractivity contribution in [3.8, 4) is 11.5 Å². The summed E-state index contributed by atoms with van der Waals surface area (Å²) in [4.78, 5) is 41.0. The van der Waals surface area contributed by atoms with Crippen molar-refractivity contribution in [2.45, 2.75) is 39.3 Å². The molecule has 0 radical (unpaired) electrons. The SMILES string of the molecule is COc1ccc(N(C(=O)c2snc(C(N)=O)c2N)[C@H](C(=O)NC(C)(C)C)c2ccc(C)cc2)c(OC)c1. The first-order valence-corrected chi connectivity index (χ1v) is 12.1. The number of anilines is 2. The van der Waals surface area contributed by atoms with Crippen LogP contribution in [0.4, 0.5) is 11.4 Å². The lowest BCUT2D eigenvalue weighted by atomic mass is 9.99. The van der Waals surface area contributed by atoms with Crippen LogP contribution >= 0.6 is 11.5 Å². The molecule has 1 atom stereocenters. The lowest BCUT2D eigenvalue weighted by Gasteiger charge is -2.34. The number of primary amides is 1. The third kappa shape index (κ3) is 6.00. The van der Waals surface area contributed by atoms with Gasteiger partial charge in [-0.05, 0) is 56.9 Å². The van der Waals surface area contributed by atoms with Crippen LogP contribution in [-0.2, 0) is 4.79 Å². The van der Waals surface area contributed by atoms with Crippen molar-refractivity contribution in [2.24, 2.45) is 5.73 Å². The monoisotopic (exact) mass is 525 g/mol. The average Bonchev–Trinajstić information content (AvgIpc) is 3.23. The molecule has 0 aliphatic heterocycles. The summed E-state index contributed by atoms with van der Waals surface area (Å²) in [7, 11) is 2.95. The number of carbonyl (C=O) groups is 3. The smallest absolute Gasteiger partial charge is 0.273 e. The van der Waals surface area contributed by atoms with Gasteiger partial charge in [-0.25, -0.2) is 0 Å². The summed E-state index contributed by atoms with van der Waals surface area (Å²) in [6, 6.07) is 11.0. The fraction of sp³-hybridized carbons (Fsp3) is 0.308. The molecular weight excluding hydrogens is 494 g/mol. The summed E-state index contributed by atoms with van der Waals surface area (Å²) >= 11 is 0.732. The Balaban J connectivity index is 2.31. The fourth-order valence-corrected chi connectivity index (χ4v) is 4.43. The minimum Gasteiger partial charge on any atom is -0.497 e. The van der Waals surface area contributed by atoms with Crippen LogP contribution in [0.1, 0.15) is 58.1 Å². The molecule has 5 N–H and O–H groups in total. The highest BCUT2D eigenvalue weighted by atomic mass is 32.1. The zero-order valence-corrected chi connectivity index (χ0v) is 22.4. The quantitative estimate of drug-likeness (QED) is 0.408. The van der Waals surface area contributed by atoms with E-state index in [0.29, 0.717) is 11.3 Å². The summed E-state index contributed by atoms with van der Waals surface area (Å²) in [6.07, 6.45) is 0. The normalized spacial score (nSPS) is 11.9. The van der Waals surface area contributed by atoms with Crippen LogP contribution in [0.15, 0.2) is 42.5 Å². The summed E-state index contributed by atoms with van der Waals surface area (Å²) in [5.74, 6) is -1.16. The highest BCUT2D eigenvalue weighted by Crippen LogP contribution is 2.40. The molecule has 3 rings (SSSR count). The van der Waals surface area contributed by atoms with Crippen LogP contribution in [0.25, 0.3) is 0 Å². The van der Waals surface area contributed by atoms with E-state index in [1.165, 1.54) is 19.1 Å². The molecule has 11 heteroatoms. The number of hydrogen-bond donors (Lipinski definition) is 3. The average molecular weight is 526 g/mol. The summed E-state index contributed by atoms with van der Waals surface area (Å²) in [6.45, 7) is 7.46. The van der Waals surface area contributed by atoms with Gasteiger partial charge in [0.15, 0.2) is 5.69 Å². The topological polar surface area (TPSA) is 150 Å². The third-order valence-corrected chi connectivity index (χ3v) is 6.27. The molecule has 0 aliphatic carbocycles. The van der Waals surface area contributed by atoms with Gasteiger partial charge in [-0.1, -0.05) is 29.8 Å². The highest BCUT2D eigenvalue weighted by molar-refractivity contribution is 7.09. The summed E-state index contributed by atoms with van der Waals surface area (Å²) in [5.41, 5.74) is 12.4. The molecule has 0 bridgehead atoms. The van der Waals surface area contributed by atoms with Crippen molar-refractivity contribution in [3.05, 3.63) is 64.2 Å². The van der Waals surface area contributed by atoms with Gasteiger partial charge in [0, 0.05) is 11.6 Å². The van der Waals surface area contributed by atoms with Gasteiger partial charge in [0.1, 0.15) is 22.4 Å². The molecule has 2 aromatic carbocycles. The molecule has 3 aromatic rings. The Morgan fingerprint density at radius 1 is 1.05 bits per heavy atom. The Morgan fingerprint density at radius 2 is 1.70 bits per heavy atom. The van der Waals surface area contributed by atoms with Crippen LogP contribution in [0, 0.1) is 6.92 Å². The van der Waals surface area contributed by atoms with Crippen LogP contribution < -0.4 is 31.2 Å². The number of benzene rings is 2. The Kier molecular flexibility index (Phi) is 8.07. The Bertz CT molecular complexity index is 1310. The van der Waals surface area contributed by atoms with E-state index in [2.05, 4.69) is 9.69 Å². The van der Waals surface area contributed by atoms with Crippen molar-refractivity contribution < 1.29 is 23.9 Å². The van der Waals surface area contributed by atoms with Crippen molar-refractivity contribution >= 4 is 40.6 Å². The van der Waals surface area contributed by atoms with Gasteiger partial charge in [0.05, 0.1) is 25.6 Å². The Labute approximate surface area is 219 Å². The van der Waals surface area contributed by atoms with Crippen molar-refractivity contribution in [2.75, 3.05) is 24.9 Å². The molecule has 196 valence electrons. The number of nitrogen functional groups attached to an aromatic ring is 1. The lowest BCUT2D eigenvalue weighted by molar-refractivity contribution is -0.123. The third-order valence-electron chi connectivity index (χ3n) is 5.42. The van der Waals surface area contributed by atoms with Gasteiger partial charge in [-0.15, -0.1) is 0 Å². The maximum absolute atomic E-state index is 14.2. The van der Waals surface area contributed by atoms with E-state index in [1.54, 1.807) is 30.3 Å². The molecule has 0 saturated heterocycles. The second kappa shape index (κ2) is 10.9. The molecule has 0 saturated carbocycles. The molecule has 37 heavy (non-hydrogen) atoms. The zero-order chi connectivity index (χ0) is 27.5. The second-order valence-electron chi connectivity index (χ2n) is 9.40. The van der Waals surface area contributed by atoms with Gasteiger partial charge in [0.25, 0.3) is 11.8 Å². The van der Waals surface area contributed by atoms with Crippen LogP contribution in [0.5, 0.6) is 11.5 Å². The van der Waals surface area contributed by atoms with E-state index < -0.39 is 29.3 Å². The summed E-state index contributed by atoms with van der Waals surface area (Å²) < 4.78 is 14.9. The van der Waals surface area contributed by atoms with Crippen LogP contribution in [-0.4, -0.2) is 41.9 Å². The standard InChI is InChI=1S/C26H31N5O5S/c1-14-7-9-15(10-8-14)21(24(33)29-26(2,3)4)31(17-12-11-16(35-5)13-18(17)36-6)25(34)22-19(27)20(23(28)32)30-37-22/h7-13,21H,27H2,1-6H3,(H2,28,32)(H,29,33)/t21-/m0/s1. The Morgan fingerprint density at radius 3 is 2.22 bits per heavy atom. The first-order chi connectivity index (χ1) is 17.4. The molecule has 1 heterocycles. The van der Waals surface area contributed by atoms with Crippen LogP contribution in [0.3, 0.4) is 0 Å². The van der Waals surface area contributed by atoms with Crippen LogP contribution in [0.2, 0.25) is 0 Å². The van der Waals surface area contributed by atoms with Gasteiger partial charge in [0.2, 0.25) is 5.91 Å². The number of amides is 3. The minimum absolute atomic E-state index is 0.0349. The zero-order valence-electron chi connectivity index (χ0n) is 21.6. The molecule has 0 unspecified atom stereocenters. The van der Waals surface area contributed by atoms with E-state index in [4.69, 9.17) is 20.9 Å². The van der Waals surface area contributed by atoms with Crippen molar-refractivity contribution in [3.63, 3.8) is 0 Å². The highest BCUT2D eigenvalue weighted by Gasteiger charge is 2.38. The molecule has 1 aromatic heterocycles. The number of nitrogens with one attached hydrogen (secondary N) is 1. The van der Waals surface area contributed by atoms with E-state index in [-0.39, 0.29) is 27.7 Å². The first-order valence-electron chi connectivity index (χ1n) is 11.4. The number of aryl methyl sites for hydroxylation is 1. The fourth-order valence-electron chi connectivity index (χ4n) is 3.69. The lowest BCUT2D eigenvalue weighted by Crippen LogP contribution is -2.49. The van der Waals surface area contributed by atoms with E-state index >= 15 is 0 Å². The van der Waals surface area contributed by atoms with Crippen molar-refractivity contribution in [1.82, 2.24) is 9.69 Å². The van der Waals surface area contributed by atoms with E-state index in [1.807, 2.05) is 39.8 Å². The summed E-state index contributed by atoms with van der Waals surface area (Å²) in [5, 5.41) is 2.97. The molecule has 0 aliphatic rings. The molecule has 0 fully saturated rings. The molecule has 3 amide bonds. The predicted octanol–water partition coefficient (Wildman–Crippen LogP) is 3.45. The predicted molar refractivity (Wildman–Crippen MR) is 143 cm³/mol. The molecule has 0 spiro atoms. The number of ether oxygens (including phenoxy) is 2. The molecule has 10 nitrogen and oxygen atoms in total. The number of nitrogens with zero attached hydrogens (tertiary/aromatic N) is 2. The second-order valence-corrected chi connectivity index (χ2v) is 10.2. The largest absolute Gasteiger partial charge is 0.497 e. The number of rotatable bonds is 8. The van der Waals surface area contributed by atoms with Gasteiger partial charge in [-0.3, -0.25) is 19.3 Å². The first kappa shape index (κ1) is 27.5. The Hall–Kier alpha value is -4.12. The molecular formula is C26H31N5O5S. The number of carbonyl (C=O) groups excluding carboxylic acids is 3. The van der Waals surface area contributed by atoms with E-state index in [0.717, 1.165) is 17.1 Å². The number of hydrogen-bond acceptors (Lipinski definition) is 8. The van der Waals surface area contributed by atoms with Gasteiger partial charge >= 0.3 is 0 Å². The maximum Gasteiger partial charge on any atom is 0.273 e. The van der Waals surface area contributed by atoms with Crippen molar-refractivity contribution in [1.29, 1.82) is 0 Å². The number of methoxy groups -OCH3 is 2. The number of aromatic nitrogens is 1. The van der Waals surface area contributed by atoms with Gasteiger partial charge in [-0.2, -0.15) is 4.37 Å². The van der Waals surface area contributed by atoms with E-state index in [9.17, 15) is 14.4 Å². The maximum atomic E-state index is 14.2. The number of nitrogens with two attached hydrogens (primary N) is 2. The minimum atomic E-state index is -1.13. The van der Waals surface area contributed by atoms with Gasteiger partial charge < -0.3 is 26.3 Å².